The number of rotatable bonds is 5. The van der Waals surface area contributed by atoms with Gasteiger partial charge in [-0.15, -0.1) is 0 Å². The van der Waals surface area contributed by atoms with Crippen molar-refractivity contribution in [1.82, 2.24) is 0 Å². The molecule has 3 N–H and O–H groups in total. The molecule has 1 atom stereocenters. The molecule has 0 aromatic heterocycles. The Balaban J connectivity index is 1.78. The van der Waals surface area contributed by atoms with E-state index in [1.54, 1.807) is 0 Å². The SMILES string of the molecule is CCOc1cc2c(cc1CN=C(N)Nc1cc(F)ccc1F)OC(C)C2. The Morgan fingerprint density at radius 2 is 2.15 bits per heavy atom. The molecule has 1 aliphatic heterocycles. The molecule has 0 saturated carbocycles. The number of anilines is 1. The zero-order valence-electron chi connectivity index (χ0n) is 14.7. The first-order valence-electron chi connectivity index (χ1n) is 8.43. The second kappa shape index (κ2) is 7.59. The van der Waals surface area contributed by atoms with Crippen molar-refractivity contribution < 1.29 is 18.3 Å². The van der Waals surface area contributed by atoms with Crippen LogP contribution in [0.2, 0.25) is 0 Å². The van der Waals surface area contributed by atoms with Crippen molar-refractivity contribution in [2.24, 2.45) is 10.7 Å². The molecule has 0 spiro atoms. The fraction of sp³-hybridized carbons (Fsp3) is 0.316. The molecule has 26 heavy (non-hydrogen) atoms. The topological polar surface area (TPSA) is 68.9 Å². The highest BCUT2D eigenvalue weighted by atomic mass is 19.1. The maximum absolute atomic E-state index is 13.7. The summed E-state index contributed by atoms with van der Waals surface area (Å²) in [5.41, 5.74) is 7.65. The molecule has 0 fully saturated rings. The minimum Gasteiger partial charge on any atom is -0.494 e. The van der Waals surface area contributed by atoms with Gasteiger partial charge in [0.15, 0.2) is 5.96 Å². The second-order valence-corrected chi connectivity index (χ2v) is 6.08. The van der Waals surface area contributed by atoms with Gasteiger partial charge in [0.05, 0.1) is 18.8 Å². The molecule has 0 saturated heterocycles. The molecular formula is C19H21F2N3O2. The van der Waals surface area contributed by atoms with Gasteiger partial charge in [0, 0.05) is 23.6 Å². The molecular weight excluding hydrogens is 340 g/mol. The van der Waals surface area contributed by atoms with E-state index in [1.165, 1.54) is 0 Å². The third-order valence-electron chi connectivity index (χ3n) is 3.99. The zero-order valence-corrected chi connectivity index (χ0v) is 14.7. The van der Waals surface area contributed by atoms with Crippen LogP contribution in [0.4, 0.5) is 14.5 Å². The predicted molar refractivity (Wildman–Crippen MR) is 96.7 cm³/mol. The van der Waals surface area contributed by atoms with Crippen molar-refractivity contribution >= 4 is 11.6 Å². The van der Waals surface area contributed by atoms with E-state index in [0.717, 1.165) is 47.2 Å². The summed E-state index contributed by atoms with van der Waals surface area (Å²) in [6.45, 7) is 4.65. The van der Waals surface area contributed by atoms with E-state index < -0.39 is 11.6 Å². The van der Waals surface area contributed by atoms with Crippen molar-refractivity contribution in [3.63, 3.8) is 0 Å². The number of guanidine groups is 1. The van der Waals surface area contributed by atoms with Gasteiger partial charge in [0.2, 0.25) is 0 Å². The molecule has 1 heterocycles. The highest BCUT2D eigenvalue weighted by Crippen LogP contribution is 2.35. The third-order valence-corrected chi connectivity index (χ3v) is 3.99. The number of hydrogen-bond donors (Lipinski definition) is 2. The van der Waals surface area contributed by atoms with Gasteiger partial charge < -0.3 is 20.5 Å². The summed E-state index contributed by atoms with van der Waals surface area (Å²) in [6, 6.07) is 6.94. The Kier molecular flexibility index (Phi) is 5.25. The zero-order chi connectivity index (χ0) is 18.7. The maximum atomic E-state index is 13.7. The Bertz CT molecular complexity index is 840. The second-order valence-electron chi connectivity index (χ2n) is 6.08. The summed E-state index contributed by atoms with van der Waals surface area (Å²) in [5, 5.41) is 2.57. The normalized spacial score (nSPS) is 16.2. The van der Waals surface area contributed by atoms with Crippen molar-refractivity contribution in [3.05, 3.63) is 53.1 Å². The molecule has 0 bridgehead atoms. The number of halogens is 2. The quantitative estimate of drug-likeness (QED) is 0.631. The first-order valence-corrected chi connectivity index (χ1v) is 8.43. The molecule has 2 aromatic rings. The Morgan fingerprint density at radius 3 is 2.92 bits per heavy atom. The molecule has 138 valence electrons. The molecule has 2 aromatic carbocycles. The van der Waals surface area contributed by atoms with Gasteiger partial charge in [0.1, 0.15) is 29.2 Å². The summed E-state index contributed by atoms with van der Waals surface area (Å²) in [7, 11) is 0. The smallest absolute Gasteiger partial charge is 0.193 e. The summed E-state index contributed by atoms with van der Waals surface area (Å²) in [6.07, 6.45) is 0.961. The van der Waals surface area contributed by atoms with Crippen LogP contribution in [-0.4, -0.2) is 18.7 Å². The average Bonchev–Trinajstić information content (AvgIpc) is 2.95. The van der Waals surface area contributed by atoms with Gasteiger partial charge in [-0.05, 0) is 38.1 Å². The standard InChI is InChI=1S/C19H21F2N3O2/c1-3-25-17-7-12-6-11(2)26-18(12)8-13(17)10-23-19(22)24-16-9-14(20)4-5-15(16)21/h4-5,7-9,11H,3,6,10H2,1-2H3,(H3,22,23,24). The van der Waals surface area contributed by atoms with E-state index >= 15 is 0 Å². The summed E-state index contributed by atoms with van der Waals surface area (Å²) < 4.78 is 38.4. The Morgan fingerprint density at radius 1 is 1.35 bits per heavy atom. The van der Waals surface area contributed by atoms with Crippen LogP contribution in [0.1, 0.15) is 25.0 Å². The van der Waals surface area contributed by atoms with Crippen LogP contribution in [0.25, 0.3) is 0 Å². The van der Waals surface area contributed by atoms with Crippen molar-refractivity contribution in [2.45, 2.75) is 32.9 Å². The van der Waals surface area contributed by atoms with Crippen molar-refractivity contribution in [1.29, 1.82) is 0 Å². The number of nitrogens with two attached hydrogens (primary N) is 1. The predicted octanol–water partition coefficient (Wildman–Crippen LogP) is 3.61. The lowest BCUT2D eigenvalue weighted by atomic mass is 10.1. The first kappa shape index (κ1) is 18.0. The van der Waals surface area contributed by atoms with Crippen molar-refractivity contribution in [3.8, 4) is 11.5 Å². The number of aliphatic imine (C=N–C) groups is 1. The van der Waals surface area contributed by atoms with E-state index in [1.807, 2.05) is 26.0 Å². The molecule has 1 unspecified atom stereocenters. The average molecular weight is 361 g/mol. The van der Waals surface area contributed by atoms with Gasteiger partial charge >= 0.3 is 0 Å². The van der Waals surface area contributed by atoms with Crippen LogP contribution in [0.3, 0.4) is 0 Å². The third kappa shape index (κ3) is 4.04. The fourth-order valence-corrected chi connectivity index (χ4v) is 2.84. The number of fused-ring (bicyclic) bond motifs is 1. The first-order chi connectivity index (χ1) is 12.5. The largest absolute Gasteiger partial charge is 0.494 e. The van der Waals surface area contributed by atoms with Gasteiger partial charge in [-0.2, -0.15) is 0 Å². The van der Waals surface area contributed by atoms with Gasteiger partial charge in [-0.3, -0.25) is 0 Å². The number of nitrogens with zero attached hydrogens (tertiary/aromatic N) is 1. The monoisotopic (exact) mass is 361 g/mol. The minimum atomic E-state index is -0.612. The lowest BCUT2D eigenvalue weighted by Crippen LogP contribution is -2.23. The molecule has 0 radical (unpaired) electrons. The summed E-state index contributed by atoms with van der Waals surface area (Å²) >= 11 is 0. The van der Waals surface area contributed by atoms with E-state index in [4.69, 9.17) is 15.2 Å². The number of hydrogen-bond acceptors (Lipinski definition) is 3. The van der Waals surface area contributed by atoms with Gasteiger partial charge in [-0.1, -0.05) is 0 Å². The van der Waals surface area contributed by atoms with Crippen LogP contribution in [-0.2, 0) is 13.0 Å². The number of ether oxygens (including phenoxy) is 2. The number of benzene rings is 2. The van der Waals surface area contributed by atoms with Crippen LogP contribution < -0.4 is 20.5 Å². The highest BCUT2D eigenvalue weighted by molar-refractivity contribution is 5.92. The summed E-state index contributed by atoms with van der Waals surface area (Å²) in [5.74, 6) is 0.336. The Labute approximate surface area is 150 Å². The van der Waals surface area contributed by atoms with Crippen LogP contribution in [0, 0.1) is 11.6 Å². The molecule has 0 amide bonds. The summed E-state index contributed by atoms with van der Waals surface area (Å²) in [4.78, 5) is 4.21. The fourth-order valence-electron chi connectivity index (χ4n) is 2.84. The maximum Gasteiger partial charge on any atom is 0.193 e. The van der Waals surface area contributed by atoms with E-state index in [0.29, 0.717) is 6.61 Å². The molecule has 3 rings (SSSR count). The lowest BCUT2D eigenvalue weighted by molar-refractivity contribution is 0.254. The molecule has 7 heteroatoms. The van der Waals surface area contributed by atoms with Crippen LogP contribution >= 0.6 is 0 Å². The Hall–Kier alpha value is -2.83. The van der Waals surface area contributed by atoms with Gasteiger partial charge in [-0.25, -0.2) is 13.8 Å². The van der Waals surface area contributed by atoms with Crippen LogP contribution in [0.5, 0.6) is 11.5 Å². The van der Waals surface area contributed by atoms with Crippen molar-refractivity contribution in [2.75, 3.05) is 11.9 Å². The van der Waals surface area contributed by atoms with E-state index in [2.05, 4.69) is 10.3 Å². The molecule has 1 aliphatic rings. The molecule has 0 aliphatic carbocycles. The lowest BCUT2D eigenvalue weighted by Gasteiger charge is -2.12. The van der Waals surface area contributed by atoms with E-state index in [9.17, 15) is 8.78 Å². The highest BCUT2D eigenvalue weighted by Gasteiger charge is 2.21. The van der Waals surface area contributed by atoms with Gasteiger partial charge in [0.25, 0.3) is 0 Å². The molecule has 5 nitrogen and oxygen atoms in total. The van der Waals surface area contributed by atoms with Crippen LogP contribution in [0.15, 0.2) is 35.3 Å². The number of nitrogens with one attached hydrogen (secondary N) is 1. The minimum absolute atomic E-state index is 0.0215. The van der Waals surface area contributed by atoms with E-state index in [-0.39, 0.29) is 24.3 Å².